The molecule has 0 unspecified atom stereocenters. The fourth-order valence-corrected chi connectivity index (χ4v) is 2.74. The summed E-state index contributed by atoms with van der Waals surface area (Å²) in [6.07, 6.45) is 7.40. The average Bonchev–Trinajstić information content (AvgIpc) is 2.16. The molecule has 0 saturated heterocycles. The molecule has 0 bridgehead atoms. The van der Waals surface area contributed by atoms with Gasteiger partial charge in [-0.25, -0.2) is 0 Å². The zero-order chi connectivity index (χ0) is 11.5. The van der Waals surface area contributed by atoms with E-state index in [-0.39, 0.29) is 5.41 Å². The molecule has 1 heteroatoms. The van der Waals surface area contributed by atoms with E-state index in [0.29, 0.717) is 0 Å². The molecule has 0 fully saturated rings. The molecule has 1 atom stereocenters. The van der Waals surface area contributed by atoms with Gasteiger partial charge in [0, 0.05) is 0 Å². The first-order valence-corrected chi connectivity index (χ1v) is 9.61. The van der Waals surface area contributed by atoms with Gasteiger partial charge in [0.15, 0.2) is 0 Å². The van der Waals surface area contributed by atoms with E-state index in [0.717, 1.165) is 0 Å². The van der Waals surface area contributed by atoms with Gasteiger partial charge in [-0.1, -0.05) is 44.1 Å². The Balaban J connectivity index is 2.99. The minimum absolute atomic E-state index is 0.221. The van der Waals surface area contributed by atoms with Crippen LogP contribution in [-0.4, -0.2) is 8.07 Å². The maximum Gasteiger partial charge on any atom is 0.129 e. The predicted molar refractivity (Wildman–Crippen MR) is 71.5 cm³/mol. The summed E-state index contributed by atoms with van der Waals surface area (Å²) < 4.78 is 0. The summed E-state index contributed by atoms with van der Waals surface area (Å²) in [6.45, 7) is 11.5. The highest BCUT2D eigenvalue weighted by molar-refractivity contribution is 6.83. The van der Waals surface area contributed by atoms with Crippen molar-refractivity contribution in [3.63, 3.8) is 0 Å². The Morgan fingerprint density at radius 3 is 2.53 bits per heavy atom. The molecule has 0 amide bonds. The van der Waals surface area contributed by atoms with Crippen molar-refractivity contribution >= 4 is 8.07 Å². The molecule has 0 nitrogen and oxygen atoms in total. The summed E-state index contributed by atoms with van der Waals surface area (Å²) in [5.41, 5.74) is 5.30. The molecule has 0 radical (unpaired) electrons. The van der Waals surface area contributed by atoms with Crippen LogP contribution in [-0.2, 0) is 0 Å². The summed E-state index contributed by atoms with van der Waals surface area (Å²) in [5.74, 6) is 3.62. The van der Waals surface area contributed by atoms with Gasteiger partial charge in [-0.05, 0) is 32.6 Å². The van der Waals surface area contributed by atoms with E-state index in [1.54, 1.807) is 0 Å². The molecule has 0 heterocycles. The maximum absolute atomic E-state index is 3.62. The van der Waals surface area contributed by atoms with Gasteiger partial charge in [0.05, 0.1) is 5.41 Å². The lowest BCUT2D eigenvalue weighted by Crippen LogP contribution is -2.24. The van der Waals surface area contributed by atoms with E-state index >= 15 is 0 Å². The minimum Gasteiger partial charge on any atom is -0.131 e. The fourth-order valence-electron chi connectivity index (χ4n) is 2.13. The van der Waals surface area contributed by atoms with Gasteiger partial charge in [0.25, 0.3) is 0 Å². The smallest absolute Gasteiger partial charge is 0.129 e. The van der Waals surface area contributed by atoms with E-state index in [1.807, 2.05) is 0 Å². The van der Waals surface area contributed by atoms with Crippen LogP contribution in [0.3, 0.4) is 0 Å². The van der Waals surface area contributed by atoms with E-state index in [9.17, 15) is 0 Å². The first-order chi connectivity index (χ1) is 6.90. The van der Waals surface area contributed by atoms with E-state index in [2.05, 4.69) is 51.0 Å². The first-order valence-electron chi connectivity index (χ1n) is 6.11. The van der Waals surface area contributed by atoms with Gasteiger partial charge in [-0.15, -0.1) is 5.54 Å². The van der Waals surface area contributed by atoms with Crippen molar-refractivity contribution in [2.24, 2.45) is 5.41 Å². The first kappa shape index (κ1) is 12.6. The van der Waals surface area contributed by atoms with Crippen LogP contribution in [0.5, 0.6) is 0 Å². The summed E-state index contributed by atoms with van der Waals surface area (Å²) >= 11 is 0. The van der Waals surface area contributed by atoms with Crippen molar-refractivity contribution in [3.8, 4) is 11.5 Å². The van der Waals surface area contributed by atoms with Crippen LogP contribution in [0.25, 0.3) is 0 Å². The summed E-state index contributed by atoms with van der Waals surface area (Å²) in [5, 5.41) is 0. The van der Waals surface area contributed by atoms with Crippen LogP contribution >= 0.6 is 0 Å². The molecule has 1 aliphatic carbocycles. The Morgan fingerprint density at radius 1 is 1.40 bits per heavy atom. The summed E-state index contributed by atoms with van der Waals surface area (Å²) in [7, 11) is -1.22. The highest BCUT2D eigenvalue weighted by Gasteiger charge is 2.29. The standard InChI is InChI=1S/C14H24Si/c1-6-14(11-12-15(3,4)5)10-8-7-9-13(14)2/h9H,6-8,10H2,1-5H3/t14-/m0/s1. The number of hydrogen-bond donors (Lipinski definition) is 0. The predicted octanol–water partition coefficient (Wildman–Crippen LogP) is 4.39. The van der Waals surface area contributed by atoms with Gasteiger partial charge in [0.1, 0.15) is 8.07 Å². The maximum atomic E-state index is 3.62. The largest absolute Gasteiger partial charge is 0.131 e. The molecule has 0 spiro atoms. The molecule has 0 aromatic heterocycles. The van der Waals surface area contributed by atoms with Crippen molar-refractivity contribution in [3.05, 3.63) is 11.6 Å². The highest BCUT2D eigenvalue weighted by Crippen LogP contribution is 2.39. The van der Waals surface area contributed by atoms with Gasteiger partial charge in [-0.2, -0.15) is 0 Å². The zero-order valence-electron chi connectivity index (χ0n) is 10.9. The number of hydrogen-bond acceptors (Lipinski definition) is 0. The van der Waals surface area contributed by atoms with E-state index in [4.69, 9.17) is 0 Å². The van der Waals surface area contributed by atoms with Gasteiger partial charge < -0.3 is 0 Å². The second-order valence-electron chi connectivity index (χ2n) is 5.72. The van der Waals surface area contributed by atoms with Crippen molar-refractivity contribution in [2.45, 2.75) is 59.2 Å². The van der Waals surface area contributed by atoms with Crippen LogP contribution in [0.2, 0.25) is 19.6 Å². The topological polar surface area (TPSA) is 0 Å². The lowest BCUT2D eigenvalue weighted by molar-refractivity contribution is 0.392. The SMILES string of the molecule is CC[C@@]1(C#C[Si](C)(C)C)CCCC=C1C. The fraction of sp³-hybridized carbons (Fsp3) is 0.714. The molecule has 1 aliphatic rings. The Morgan fingerprint density at radius 2 is 2.07 bits per heavy atom. The van der Waals surface area contributed by atoms with Gasteiger partial charge in [-0.3, -0.25) is 0 Å². The molecule has 0 aromatic carbocycles. The van der Waals surface area contributed by atoms with Crippen molar-refractivity contribution < 1.29 is 0 Å². The number of rotatable bonds is 1. The molecule has 0 aromatic rings. The van der Waals surface area contributed by atoms with Crippen LogP contribution < -0.4 is 0 Å². The molecule has 0 saturated carbocycles. The third-order valence-corrected chi connectivity index (χ3v) is 4.17. The molecule has 15 heavy (non-hydrogen) atoms. The molecule has 0 aliphatic heterocycles. The summed E-state index contributed by atoms with van der Waals surface area (Å²) in [4.78, 5) is 0. The Labute approximate surface area is 96.2 Å². The number of allylic oxidation sites excluding steroid dienone is 2. The normalized spacial score (nSPS) is 26.6. The lowest BCUT2D eigenvalue weighted by Gasteiger charge is -2.32. The monoisotopic (exact) mass is 220 g/mol. The Bertz CT molecular complexity index is 308. The van der Waals surface area contributed by atoms with Gasteiger partial charge >= 0.3 is 0 Å². The Hall–Kier alpha value is -0.483. The van der Waals surface area contributed by atoms with Gasteiger partial charge in [0.2, 0.25) is 0 Å². The molecule has 0 N–H and O–H groups in total. The van der Waals surface area contributed by atoms with Crippen molar-refractivity contribution in [2.75, 3.05) is 0 Å². The molecule has 1 rings (SSSR count). The van der Waals surface area contributed by atoms with Crippen molar-refractivity contribution in [1.29, 1.82) is 0 Å². The van der Waals surface area contributed by atoms with E-state index in [1.165, 1.54) is 31.3 Å². The third kappa shape index (κ3) is 3.24. The highest BCUT2D eigenvalue weighted by atomic mass is 28.3. The summed E-state index contributed by atoms with van der Waals surface area (Å²) in [6, 6.07) is 0. The third-order valence-electron chi connectivity index (χ3n) is 3.29. The quantitative estimate of drug-likeness (QED) is 0.349. The van der Waals surface area contributed by atoms with Crippen LogP contribution in [0.1, 0.15) is 39.5 Å². The Kier molecular flexibility index (Phi) is 3.84. The minimum atomic E-state index is -1.22. The molecule has 84 valence electrons. The molecular formula is C14H24Si. The van der Waals surface area contributed by atoms with Crippen LogP contribution in [0.4, 0.5) is 0 Å². The van der Waals surface area contributed by atoms with Crippen LogP contribution in [0.15, 0.2) is 11.6 Å². The van der Waals surface area contributed by atoms with Crippen LogP contribution in [0, 0.1) is 16.9 Å². The second-order valence-corrected chi connectivity index (χ2v) is 10.5. The van der Waals surface area contributed by atoms with E-state index < -0.39 is 8.07 Å². The second kappa shape index (κ2) is 4.57. The lowest BCUT2D eigenvalue weighted by atomic mass is 9.72. The average molecular weight is 220 g/mol. The zero-order valence-corrected chi connectivity index (χ0v) is 11.9. The molecular weight excluding hydrogens is 196 g/mol. The van der Waals surface area contributed by atoms with Crippen molar-refractivity contribution in [1.82, 2.24) is 0 Å².